The maximum Gasteiger partial charge on any atom is 0.325 e. The van der Waals surface area contributed by atoms with Crippen molar-refractivity contribution < 1.29 is 23.9 Å². The van der Waals surface area contributed by atoms with Gasteiger partial charge in [0.2, 0.25) is 5.91 Å². The highest BCUT2D eigenvalue weighted by Gasteiger charge is 2.49. The molecule has 36 heavy (non-hydrogen) atoms. The van der Waals surface area contributed by atoms with E-state index in [0.29, 0.717) is 23.7 Å². The minimum Gasteiger partial charge on any atom is -0.493 e. The Balaban J connectivity index is 1.45. The second-order valence-corrected chi connectivity index (χ2v) is 9.06. The molecule has 0 aromatic heterocycles. The molecule has 8 heteroatoms. The number of methoxy groups -OCH3 is 1. The van der Waals surface area contributed by atoms with Crippen LogP contribution in [-0.4, -0.2) is 43.0 Å². The van der Waals surface area contributed by atoms with Crippen LogP contribution in [0.2, 0.25) is 0 Å². The Morgan fingerprint density at radius 2 is 1.81 bits per heavy atom. The van der Waals surface area contributed by atoms with E-state index >= 15 is 0 Å². The predicted molar refractivity (Wildman–Crippen MR) is 137 cm³/mol. The van der Waals surface area contributed by atoms with Crippen molar-refractivity contribution in [3.05, 3.63) is 71.8 Å². The van der Waals surface area contributed by atoms with Gasteiger partial charge in [-0.3, -0.25) is 14.5 Å². The number of hydrogen-bond acceptors (Lipinski definition) is 5. The Hall–Kier alpha value is -4.07. The van der Waals surface area contributed by atoms with Crippen LogP contribution in [0.3, 0.4) is 0 Å². The highest BCUT2D eigenvalue weighted by Crippen LogP contribution is 2.32. The molecule has 2 atom stereocenters. The van der Waals surface area contributed by atoms with E-state index in [1.807, 2.05) is 62.4 Å². The van der Waals surface area contributed by atoms with Gasteiger partial charge in [0, 0.05) is 0 Å². The molecule has 4 rings (SSSR count). The standard InChI is InChI=1S/C28H31N3O5/c1-5-14-36-23-13-11-20(16-24(23)35-4)18(2)29-25(32)17-31-26(33)28(3,30-27(31)34)22-12-10-19-8-6-7-9-21(19)15-22/h6-13,15-16,18H,5,14,17H2,1-4H3,(H,29,32)(H,30,34). The van der Waals surface area contributed by atoms with Crippen molar-refractivity contribution in [2.45, 2.75) is 38.8 Å². The largest absolute Gasteiger partial charge is 0.493 e. The number of amides is 4. The van der Waals surface area contributed by atoms with Gasteiger partial charge in [-0.2, -0.15) is 0 Å². The monoisotopic (exact) mass is 489 g/mol. The zero-order valence-corrected chi connectivity index (χ0v) is 21.0. The van der Waals surface area contributed by atoms with Crippen LogP contribution in [0.4, 0.5) is 4.79 Å². The molecule has 1 aliphatic rings. The number of benzene rings is 3. The van der Waals surface area contributed by atoms with E-state index in [1.54, 1.807) is 26.2 Å². The number of imide groups is 1. The van der Waals surface area contributed by atoms with Gasteiger partial charge in [0.05, 0.1) is 19.8 Å². The van der Waals surface area contributed by atoms with Crippen LogP contribution in [0.15, 0.2) is 60.7 Å². The molecule has 0 saturated carbocycles. The number of fused-ring (bicyclic) bond motifs is 1. The molecule has 1 aliphatic heterocycles. The van der Waals surface area contributed by atoms with Gasteiger partial charge in [0.25, 0.3) is 5.91 Å². The van der Waals surface area contributed by atoms with Gasteiger partial charge in [-0.1, -0.05) is 49.4 Å². The van der Waals surface area contributed by atoms with Gasteiger partial charge in [0.15, 0.2) is 11.5 Å². The summed E-state index contributed by atoms with van der Waals surface area (Å²) in [7, 11) is 1.56. The van der Waals surface area contributed by atoms with Crippen LogP contribution >= 0.6 is 0 Å². The van der Waals surface area contributed by atoms with Crippen LogP contribution in [-0.2, 0) is 15.1 Å². The summed E-state index contributed by atoms with van der Waals surface area (Å²) in [6, 6.07) is 17.9. The quantitative estimate of drug-likeness (QED) is 0.437. The summed E-state index contributed by atoms with van der Waals surface area (Å²) in [6.07, 6.45) is 0.875. The predicted octanol–water partition coefficient (Wildman–Crippen LogP) is 4.28. The molecule has 1 saturated heterocycles. The zero-order valence-electron chi connectivity index (χ0n) is 21.0. The van der Waals surface area contributed by atoms with E-state index in [0.717, 1.165) is 27.7 Å². The third-order valence-electron chi connectivity index (χ3n) is 6.43. The Bertz CT molecular complexity index is 1310. The SMILES string of the molecule is CCCOc1ccc(C(C)NC(=O)CN2C(=O)NC(C)(c3ccc4ccccc4c3)C2=O)cc1OC. The molecule has 1 fully saturated rings. The molecule has 0 aliphatic carbocycles. The summed E-state index contributed by atoms with van der Waals surface area (Å²) in [6.45, 7) is 5.70. The third-order valence-corrected chi connectivity index (χ3v) is 6.43. The molecule has 4 amide bonds. The number of carbonyl (C=O) groups excluding carboxylic acids is 3. The van der Waals surface area contributed by atoms with Crippen molar-refractivity contribution in [2.75, 3.05) is 20.3 Å². The van der Waals surface area contributed by atoms with Gasteiger partial charge in [-0.05, 0) is 60.4 Å². The molecule has 0 radical (unpaired) electrons. The molecule has 0 bridgehead atoms. The van der Waals surface area contributed by atoms with E-state index in [1.165, 1.54) is 0 Å². The second kappa shape index (κ2) is 10.3. The van der Waals surface area contributed by atoms with Crippen LogP contribution in [0, 0.1) is 0 Å². The summed E-state index contributed by atoms with van der Waals surface area (Å²) in [4.78, 5) is 39.8. The lowest BCUT2D eigenvalue weighted by atomic mass is 9.90. The normalized spacial score (nSPS) is 18.2. The van der Waals surface area contributed by atoms with Crippen LogP contribution in [0.5, 0.6) is 11.5 Å². The minimum atomic E-state index is -1.26. The van der Waals surface area contributed by atoms with Crippen LogP contribution in [0.25, 0.3) is 10.8 Å². The maximum atomic E-state index is 13.3. The molecule has 188 valence electrons. The lowest BCUT2D eigenvalue weighted by molar-refractivity contribution is -0.135. The number of carbonyl (C=O) groups is 3. The van der Waals surface area contributed by atoms with Crippen molar-refractivity contribution in [3.63, 3.8) is 0 Å². The van der Waals surface area contributed by atoms with Gasteiger partial charge in [0.1, 0.15) is 12.1 Å². The number of nitrogens with zero attached hydrogens (tertiary/aromatic N) is 1. The number of urea groups is 1. The van der Waals surface area contributed by atoms with Crippen molar-refractivity contribution in [2.24, 2.45) is 0 Å². The Kier molecular flexibility index (Phi) is 7.15. The fourth-order valence-corrected chi connectivity index (χ4v) is 4.34. The first-order chi connectivity index (χ1) is 17.3. The summed E-state index contributed by atoms with van der Waals surface area (Å²) in [5.74, 6) is 0.292. The van der Waals surface area contributed by atoms with Crippen LogP contribution < -0.4 is 20.1 Å². The molecular weight excluding hydrogens is 458 g/mol. The van der Waals surface area contributed by atoms with E-state index in [2.05, 4.69) is 10.6 Å². The molecule has 2 N–H and O–H groups in total. The Morgan fingerprint density at radius 3 is 2.53 bits per heavy atom. The Morgan fingerprint density at radius 1 is 1.06 bits per heavy atom. The topological polar surface area (TPSA) is 97.0 Å². The summed E-state index contributed by atoms with van der Waals surface area (Å²) in [5, 5.41) is 7.63. The molecular formula is C28H31N3O5. The summed E-state index contributed by atoms with van der Waals surface area (Å²) >= 11 is 0. The molecule has 1 heterocycles. The molecule has 2 unspecified atom stereocenters. The average molecular weight is 490 g/mol. The van der Waals surface area contributed by atoms with Crippen LogP contribution in [0.1, 0.15) is 44.4 Å². The van der Waals surface area contributed by atoms with E-state index in [9.17, 15) is 14.4 Å². The Labute approximate surface area is 210 Å². The van der Waals surface area contributed by atoms with Crippen molar-refractivity contribution in [1.29, 1.82) is 0 Å². The fraction of sp³-hybridized carbons (Fsp3) is 0.321. The third kappa shape index (κ3) is 4.84. The van der Waals surface area contributed by atoms with Crippen molar-refractivity contribution in [3.8, 4) is 11.5 Å². The number of rotatable bonds is 9. The van der Waals surface area contributed by atoms with Crippen molar-refractivity contribution >= 4 is 28.6 Å². The lowest BCUT2D eigenvalue weighted by Gasteiger charge is -2.23. The maximum absolute atomic E-state index is 13.3. The molecule has 0 spiro atoms. The number of nitrogens with one attached hydrogen (secondary N) is 2. The lowest BCUT2D eigenvalue weighted by Crippen LogP contribution is -2.43. The molecule has 3 aromatic rings. The summed E-state index contributed by atoms with van der Waals surface area (Å²) < 4.78 is 11.1. The van der Waals surface area contributed by atoms with E-state index in [-0.39, 0.29) is 12.6 Å². The van der Waals surface area contributed by atoms with Crippen molar-refractivity contribution in [1.82, 2.24) is 15.5 Å². The van der Waals surface area contributed by atoms with Gasteiger partial charge >= 0.3 is 6.03 Å². The van der Waals surface area contributed by atoms with Gasteiger partial charge in [-0.15, -0.1) is 0 Å². The number of ether oxygens (including phenoxy) is 2. The minimum absolute atomic E-state index is 0.376. The van der Waals surface area contributed by atoms with E-state index in [4.69, 9.17) is 9.47 Å². The number of hydrogen-bond donors (Lipinski definition) is 2. The smallest absolute Gasteiger partial charge is 0.325 e. The van der Waals surface area contributed by atoms with Gasteiger partial charge < -0.3 is 20.1 Å². The van der Waals surface area contributed by atoms with Gasteiger partial charge in [-0.25, -0.2) is 4.79 Å². The first-order valence-electron chi connectivity index (χ1n) is 12.0. The first-order valence-corrected chi connectivity index (χ1v) is 12.0. The second-order valence-electron chi connectivity index (χ2n) is 9.06. The zero-order chi connectivity index (χ0) is 25.9. The highest BCUT2D eigenvalue weighted by atomic mass is 16.5. The molecule has 8 nitrogen and oxygen atoms in total. The molecule has 3 aromatic carbocycles. The fourth-order valence-electron chi connectivity index (χ4n) is 4.34. The summed E-state index contributed by atoms with van der Waals surface area (Å²) in [5.41, 5.74) is 0.213. The highest BCUT2D eigenvalue weighted by molar-refractivity contribution is 6.09. The average Bonchev–Trinajstić information content (AvgIpc) is 3.10. The first kappa shape index (κ1) is 25.0. The van der Waals surface area contributed by atoms with E-state index < -0.39 is 23.4 Å².